The van der Waals surface area contributed by atoms with Crippen molar-refractivity contribution in [1.82, 2.24) is 9.88 Å². The molecule has 1 aromatic carbocycles. The third kappa shape index (κ3) is 2.88. The van der Waals surface area contributed by atoms with E-state index in [1.54, 1.807) is 0 Å². The van der Waals surface area contributed by atoms with E-state index in [4.69, 9.17) is 4.74 Å². The zero-order valence-electron chi connectivity index (χ0n) is 13.7. The lowest BCUT2D eigenvalue weighted by molar-refractivity contribution is -0.140. The molecule has 4 nitrogen and oxygen atoms in total. The molecule has 1 amide bonds. The lowest BCUT2D eigenvalue weighted by atomic mass is 10.0. The molecular formula is C20H22N2O2. The van der Waals surface area contributed by atoms with Gasteiger partial charge >= 0.3 is 0 Å². The molecule has 2 aromatic rings. The van der Waals surface area contributed by atoms with Crippen molar-refractivity contribution >= 4 is 5.91 Å². The van der Waals surface area contributed by atoms with Gasteiger partial charge in [0.25, 0.3) is 5.91 Å². The van der Waals surface area contributed by atoms with Crippen LogP contribution in [0.25, 0.3) is 0 Å². The normalized spacial score (nSPS) is 23.2. The van der Waals surface area contributed by atoms with Gasteiger partial charge in [-0.3, -0.25) is 9.78 Å². The van der Waals surface area contributed by atoms with Crippen LogP contribution >= 0.6 is 0 Å². The average molecular weight is 322 g/mol. The van der Waals surface area contributed by atoms with Gasteiger partial charge in [-0.25, -0.2) is 0 Å². The summed E-state index contributed by atoms with van der Waals surface area (Å²) in [5, 5.41) is 0. The van der Waals surface area contributed by atoms with Crippen molar-refractivity contribution in [3.8, 4) is 5.75 Å². The second kappa shape index (κ2) is 6.63. The molecule has 4 rings (SSSR count). The first-order valence-electron chi connectivity index (χ1n) is 8.78. The number of nitrogens with zero attached hydrogens (tertiary/aromatic N) is 2. The van der Waals surface area contributed by atoms with E-state index in [1.807, 2.05) is 53.7 Å². The number of carbonyl (C=O) groups is 1. The first-order chi connectivity index (χ1) is 11.8. The maximum atomic E-state index is 13.2. The number of likely N-dealkylation sites (tertiary alicyclic amines) is 1. The van der Waals surface area contributed by atoms with Gasteiger partial charge < -0.3 is 9.64 Å². The second-order valence-electron chi connectivity index (χ2n) is 6.60. The van der Waals surface area contributed by atoms with E-state index in [0.29, 0.717) is 6.42 Å². The number of carbonyl (C=O) groups excluding carboxylic acids is 1. The van der Waals surface area contributed by atoms with E-state index in [1.165, 1.54) is 12.0 Å². The van der Waals surface area contributed by atoms with Crippen LogP contribution in [-0.2, 0) is 11.2 Å². The molecule has 2 aliphatic heterocycles. The maximum Gasteiger partial charge on any atom is 0.264 e. The lowest BCUT2D eigenvalue weighted by Gasteiger charge is -2.32. The molecule has 0 unspecified atom stereocenters. The first-order valence-corrected chi connectivity index (χ1v) is 8.78. The summed E-state index contributed by atoms with van der Waals surface area (Å²) in [6.07, 6.45) is 8.32. The minimum Gasteiger partial charge on any atom is -0.480 e. The maximum absolute atomic E-state index is 13.2. The van der Waals surface area contributed by atoms with Gasteiger partial charge in [-0.2, -0.15) is 0 Å². The molecule has 0 bridgehead atoms. The quantitative estimate of drug-likeness (QED) is 0.849. The Kier molecular flexibility index (Phi) is 4.20. The predicted octanol–water partition coefficient (Wildman–Crippen LogP) is 3.53. The Hall–Kier alpha value is -2.36. The number of rotatable bonds is 2. The number of ether oxygens (including phenoxy) is 1. The van der Waals surface area contributed by atoms with Gasteiger partial charge in [0.2, 0.25) is 0 Å². The highest BCUT2D eigenvalue weighted by Crippen LogP contribution is 2.34. The van der Waals surface area contributed by atoms with Gasteiger partial charge in [0, 0.05) is 25.4 Å². The van der Waals surface area contributed by atoms with Gasteiger partial charge in [0.15, 0.2) is 6.10 Å². The highest BCUT2D eigenvalue weighted by atomic mass is 16.5. The van der Waals surface area contributed by atoms with Crippen molar-refractivity contribution in [1.29, 1.82) is 0 Å². The van der Waals surface area contributed by atoms with Crippen LogP contribution in [0.4, 0.5) is 0 Å². The first kappa shape index (κ1) is 15.2. The fraction of sp³-hybridized carbons (Fsp3) is 0.400. The minimum absolute atomic E-state index is 0.120. The van der Waals surface area contributed by atoms with Gasteiger partial charge in [-0.1, -0.05) is 31.0 Å². The molecule has 0 aliphatic carbocycles. The fourth-order valence-electron chi connectivity index (χ4n) is 3.81. The Bertz CT molecular complexity index is 692. The molecule has 0 spiro atoms. The van der Waals surface area contributed by atoms with Crippen LogP contribution in [0.2, 0.25) is 0 Å². The number of benzene rings is 1. The molecule has 3 heterocycles. The van der Waals surface area contributed by atoms with Gasteiger partial charge in [0.1, 0.15) is 5.75 Å². The van der Waals surface area contributed by atoms with Crippen molar-refractivity contribution < 1.29 is 9.53 Å². The van der Waals surface area contributed by atoms with E-state index < -0.39 is 0 Å². The molecule has 0 saturated carbocycles. The summed E-state index contributed by atoms with van der Waals surface area (Å²) in [5.41, 5.74) is 2.31. The molecule has 1 aromatic heterocycles. The monoisotopic (exact) mass is 322 g/mol. The minimum atomic E-state index is -0.384. The summed E-state index contributed by atoms with van der Waals surface area (Å²) in [6.45, 7) is 0.808. The summed E-state index contributed by atoms with van der Waals surface area (Å²) in [5.74, 6) is 0.973. The van der Waals surface area contributed by atoms with Crippen LogP contribution in [0.1, 0.15) is 42.9 Å². The number of hydrogen-bond acceptors (Lipinski definition) is 3. The zero-order valence-corrected chi connectivity index (χ0v) is 13.7. The Balaban J connectivity index is 1.57. The van der Waals surface area contributed by atoms with Crippen molar-refractivity contribution in [2.75, 3.05) is 6.54 Å². The zero-order chi connectivity index (χ0) is 16.4. The Morgan fingerprint density at radius 1 is 1.08 bits per heavy atom. The van der Waals surface area contributed by atoms with Crippen LogP contribution < -0.4 is 4.74 Å². The van der Waals surface area contributed by atoms with E-state index >= 15 is 0 Å². The van der Waals surface area contributed by atoms with Crippen molar-refractivity contribution in [3.63, 3.8) is 0 Å². The van der Waals surface area contributed by atoms with Crippen LogP contribution in [-0.4, -0.2) is 28.4 Å². The largest absolute Gasteiger partial charge is 0.480 e. The molecule has 124 valence electrons. The second-order valence-corrected chi connectivity index (χ2v) is 6.60. The number of hydrogen-bond donors (Lipinski definition) is 0. The van der Waals surface area contributed by atoms with Crippen molar-refractivity contribution in [3.05, 3.63) is 59.9 Å². The third-order valence-corrected chi connectivity index (χ3v) is 5.05. The number of aromatic nitrogens is 1. The molecule has 0 N–H and O–H groups in total. The van der Waals surface area contributed by atoms with Crippen LogP contribution in [0.15, 0.2) is 48.8 Å². The molecule has 1 saturated heterocycles. The van der Waals surface area contributed by atoms with E-state index in [0.717, 1.165) is 37.1 Å². The number of amides is 1. The Morgan fingerprint density at radius 2 is 1.92 bits per heavy atom. The highest BCUT2D eigenvalue weighted by Gasteiger charge is 2.36. The molecular weight excluding hydrogens is 300 g/mol. The summed E-state index contributed by atoms with van der Waals surface area (Å²) in [4.78, 5) is 19.3. The van der Waals surface area contributed by atoms with E-state index in [2.05, 4.69) is 4.98 Å². The molecule has 2 aliphatic rings. The molecule has 1 fully saturated rings. The predicted molar refractivity (Wildman–Crippen MR) is 91.7 cm³/mol. The number of para-hydroxylation sites is 1. The average Bonchev–Trinajstić information content (AvgIpc) is 2.91. The summed E-state index contributed by atoms with van der Waals surface area (Å²) in [7, 11) is 0. The highest BCUT2D eigenvalue weighted by molar-refractivity contribution is 5.83. The van der Waals surface area contributed by atoms with Crippen LogP contribution in [0, 0.1) is 0 Å². The summed E-state index contributed by atoms with van der Waals surface area (Å²) in [6, 6.07) is 12.1. The smallest absolute Gasteiger partial charge is 0.264 e. The standard InChI is InChI=1S/C20H22N2O2/c23-20(19-14-16-6-3-4-8-18(16)24-19)22-13-5-1-2-7-17(22)15-9-11-21-12-10-15/h3-4,6,8-12,17,19H,1-2,5,7,13-14H2/t17-,19+/m1/s1. The van der Waals surface area contributed by atoms with E-state index in [-0.39, 0.29) is 18.1 Å². The molecule has 24 heavy (non-hydrogen) atoms. The van der Waals surface area contributed by atoms with Crippen molar-refractivity contribution in [2.45, 2.75) is 44.2 Å². The van der Waals surface area contributed by atoms with Crippen LogP contribution in [0.5, 0.6) is 5.75 Å². The van der Waals surface area contributed by atoms with Gasteiger partial charge in [-0.15, -0.1) is 0 Å². The molecule has 4 heteroatoms. The lowest BCUT2D eigenvalue weighted by Crippen LogP contribution is -2.43. The summed E-state index contributed by atoms with van der Waals surface area (Å²) < 4.78 is 5.94. The van der Waals surface area contributed by atoms with Crippen molar-refractivity contribution in [2.24, 2.45) is 0 Å². The third-order valence-electron chi connectivity index (χ3n) is 5.05. The number of fused-ring (bicyclic) bond motifs is 1. The fourth-order valence-corrected chi connectivity index (χ4v) is 3.81. The molecule has 2 atom stereocenters. The van der Waals surface area contributed by atoms with Crippen LogP contribution in [0.3, 0.4) is 0 Å². The Labute approximate surface area is 142 Å². The summed E-state index contributed by atoms with van der Waals surface area (Å²) >= 11 is 0. The topological polar surface area (TPSA) is 42.4 Å². The SMILES string of the molecule is O=C([C@@H]1Cc2ccccc2O1)N1CCCCC[C@@H]1c1ccncc1. The van der Waals surface area contributed by atoms with Gasteiger partial charge in [0.05, 0.1) is 6.04 Å². The van der Waals surface area contributed by atoms with E-state index in [9.17, 15) is 4.79 Å². The number of pyridine rings is 1. The molecule has 0 radical (unpaired) electrons. The Morgan fingerprint density at radius 3 is 2.75 bits per heavy atom. The van der Waals surface area contributed by atoms with Gasteiger partial charge in [-0.05, 0) is 42.2 Å².